The Morgan fingerprint density at radius 2 is 1.86 bits per heavy atom. The van der Waals surface area contributed by atoms with E-state index in [-0.39, 0.29) is 0 Å². The second-order valence-corrected chi connectivity index (χ2v) is 3.50. The molecule has 1 aromatic carbocycles. The van der Waals surface area contributed by atoms with E-state index in [0.717, 1.165) is 0 Å². The van der Waals surface area contributed by atoms with Crippen LogP contribution in [0.4, 0.5) is 0 Å². The summed E-state index contributed by atoms with van der Waals surface area (Å²) in [5.74, 6) is 0. The molecule has 0 amide bonds. The van der Waals surface area contributed by atoms with E-state index in [2.05, 4.69) is 43.2 Å². The van der Waals surface area contributed by atoms with E-state index >= 15 is 0 Å². The SMILES string of the molecule is Cc1ccnn1C(C)c1ccccc1. The maximum absolute atomic E-state index is 4.31. The summed E-state index contributed by atoms with van der Waals surface area (Å²) < 4.78 is 2.04. The fraction of sp³-hybridized carbons (Fsp3) is 0.250. The molecule has 2 nitrogen and oxygen atoms in total. The maximum atomic E-state index is 4.31. The fourth-order valence-electron chi connectivity index (χ4n) is 1.66. The zero-order valence-electron chi connectivity index (χ0n) is 8.51. The average molecular weight is 186 g/mol. The zero-order valence-corrected chi connectivity index (χ0v) is 8.51. The first-order chi connectivity index (χ1) is 6.79. The average Bonchev–Trinajstić information content (AvgIpc) is 2.65. The van der Waals surface area contributed by atoms with Crippen LogP contribution < -0.4 is 0 Å². The molecule has 14 heavy (non-hydrogen) atoms. The molecule has 1 atom stereocenters. The van der Waals surface area contributed by atoms with Crippen molar-refractivity contribution in [2.75, 3.05) is 0 Å². The second-order valence-electron chi connectivity index (χ2n) is 3.50. The van der Waals surface area contributed by atoms with Gasteiger partial charge in [-0.3, -0.25) is 4.68 Å². The normalized spacial score (nSPS) is 12.7. The molecule has 0 saturated heterocycles. The molecule has 1 unspecified atom stereocenters. The van der Waals surface area contributed by atoms with Gasteiger partial charge in [-0.15, -0.1) is 0 Å². The number of nitrogens with zero attached hydrogens (tertiary/aromatic N) is 2. The highest BCUT2D eigenvalue weighted by Gasteiger charge is 2.08. The largest absolute Gasteiger partial charge is 0.263 e. The Bertz CT molecular complexity index is 403. The van der Waals surface area contributed by atoms with Crippen molar-refractivity contribution in [2.24, 2.45) is 0 Å². The minimum Gasteiger partial charge on any atom is -0.263 e. The Kier molecular flexibility index (Phi) is 2.35. The molecule has 1 aromatic heterocycles. The highest BCUT2D eigenvalue weighted by atomic mass is 15.3. The molecule has 2 aromatic rings. The van der Waals surface area contributed by atoms with Gasteiger partial charge < -0.3 is 0 Å². The van der Waals surface area contributed by atoms with Crippen LogP contribution in [0.15, 0.2) is 42.6 Å². The van der Waals surface area contributed by atoms with Crippen LogP contribution in [0.1, 0.15) is 24.2 Å². The van der Waals surface area contributed by atoms with Crippen LogP contribution in [0.5, 0.6) is 0 Å². The summed E-state index contributed by atoms with van der Waals surface area (Å²) in [4.78, 5) is 0. The maximum Gasteiger partial charge on any atom is 0.0743 e. The van der Waals surface area contributed by atoms with Gasteiger partial charge in [-0.25, -0.2) is 0 Å². The van der Waals surface area contributed by atoms with Gasteiger partial charge in [0.15, 0.2) is 0 Å². The van der Waals surface area contributed by atoms with Crippen LogP contribution in [-0.2, 0) is 0 Å². The lowest BCUT2D eigenvalue weighted by Crippen LogP contribution is -2.09. The summed E-state index contributed by atoms with van der Waals surface area (Å²) >= 11 is 0. The molecule has 0 N–H and O–H groups in total. The van der Waals surface area contributed by atoms with Crippen LogP contribution >= 0.6 is 0 Å². The van der Waals surface area contributed by atoms with Gasteiger partial charge in [0.1, 0.15) is 0 Å². The lowest BCUT2D eigenvalue weighted by atomic mass is 10.1. The monoisotopic (exact) mass is 186 g/mol. The summed E-state index contributed by atoms with van der Waals surface area (Å²) in [7, 11) is 0. The first kappa shape index (κ1) is 9.00. The van der Waals surface area contributed by atoms with Gasteiger partial charge >= 0.3 is 0 Å². The molecule has 1 heterocycles. The highest BCUT2D eigenvalue weighted by Crippen LogP contribution is 2.17. The van der Waals surface area contributed by atoms with Crippen molar-refractivity contribution in [2.45, 2.75) is 19.9 Å². The Labute approximate surface area is 84.2 Å². The predicted octanol–water partition coefficient (Wildman–Crippen LogP) is 2.80. The van der Waals surface area contributed by atoms with E-state index in [4.69, 9.17) is 0 Å². The van der Waals surface area contributed by atoms with Gasteiger partial charge in [0, 0.05) is 11.9 Å². The standard InChI is InChI=1S/C12H14N2/c1-10-8-9-13-14(10)11(2)12-6-4-3-5-7-12/h3-9,11H,1-2H3. The second kappa shape index (κ2) is 3.66. The summed E-state index contributed by atoms with van der Waals surface area (Å²) in [6, 6.07) is 12.8. The van der Waals surface area contributed by atoms with Crippen molar-refractivity contribution < 1.29 is 0 Å². The molecular weight excluding hydrogens is 172 g/mol. The van der Waals surface area contributed by atoms with Gasteiger partial charge in [-0.05, 0) is 25.5 Å². The van der Waals surface area contributed by atoms with E-state index in [9.17, 15) is 0 Å². The molecular formula is C12H14N2. The quantitative estimate of drug-likeness (QED) is 0.705. The molecule has 2 rings (SSSR count). The topological polar surface area (TPSA) is 17.8 Å². The van der Waals surface area contributed by atoms with Crippen molar-refractivity contribution in [1.82, 2.24) is 9.78 Å². The van der Waals surface area contributed by atoms with Crippen molar-refractivity contribution in [3.8, 4) is 0 Å². The van der Waals surface area contributed by atoms with Crippen LogP contribution in [0.25, 0.3) is 0 Å². The lowest BCUT2D eigenvalue weighted by molar-refractivity contribution is 0.550. The Balaban J connectivity index is 2.34. The third-order valence-electron chi connectivity index (χ3n) is 2.52. The number of rotatable bonds is 2. The van der Waals surface area contributed by atoms with E-state index in [1.807, 2.05) is 23.0 Å². The van der Waals surface area contributed by atoms with Gasteiger partial charge in [0.2, 0.25) is 0 Å². The summed E-state index contributed by atoms with van der Waals surface area (Å²) in [6.45, 7) is 4.24. The van der Waals surface area contributed by atoms with E-state index in [1.165, 1.54) is 11.3 Å². The predicted molar refractivity (Wildman–Crippen MR) is 57.2 cm³/mol. The Hall–Kier alpha value is -1.57. The molecule has 0 spiro atoms. The summed E-state index contributed by atoms with van der Waals surface area (Å²) in [5, 5.41) is 4.31. The minimum atomic E-state index is 0.311. The van der Waals surface area contributed by atoms with E-state index in [1.54, 1.807) is 0 Å². The van der Waals surface area contributed by atoms with Crippen LogP contribution in [0.3, 0.4) is 0 Å². The molecule has 2 heteroatoms. The number of hydrogen-bond acceptors (Lipinski definition) is 1. The van der Waals surface area contributed by atoms with E-state index < -0.39 is 0 Å². The van der Waals surface area contributed by atoms with Crippen molar-refractivity contribution in [3.63, 3.8) is 0 Å². The van der Waals surface area contributed by atoms with E-state index in [0.29, 0.717) is 6.04 Å². The van der Waals surface area contributed by atoms with Crippen molar-refractivity contribution in [1.29, 1.82) is 0 Å². The minimum absolute atomic E-state index is 0.311. The smallest absolute Gasteiger partial charge is 0.0743 e. The molecule has 0 fully saturated rings. The third-order valence-corrected chi connectivity index (χ3v) is 2.52. The van der Waals surface area contributed by atoms with Crippen LogP contribution in [0.2, 0.25) is 0 Å². The lowest BCUT2D eigenvalue weighted by Gasteiger charge is -2.14. The first-order valence-corrected chi connectivity index (χ1v) is 4.84. The van der Waals surface area contributed by atoms with Crippen molar-refractivity contribution >= 4 is 0 Å². The number of aryl methyl sites for hydroxylation is 1. The molecule has 0 aliphatic rings. The molecule has 0 saturated carbocycles. The summed E-state index contributed by atoms with van der Waals surface area (Å²) in [5.41, 5.74) is 2.49. The molecule has 0 aliphatic carbocycles. The first-order valence-electron chi connectivity index (χ1n) is 4.84. The molecule has 0 aliphatic heterocycles. The Morgan fingerprint density at radius 1 is 1.14 bits per heavy atom. The van der Waals surface area contributed by atoms with Gasteiger partial charge in [0.05, 0.1) is 6.04 Å². The number of hydrogen-bond donors (Lipinski definition) is 0. The molecule has 72 valence electrons. The summed E-state index contributed by atoms with van der Waals surface area (Å²) in [6.07, 6.45) is 1.84. The fourth-order valence-corrected chi connectivity index (χ4v) is 1.66. The molecule has 0 radical (unpaired) electrons. The van der Waals surface area contributed by atoms with Crippen molar-refractivity contribution in [3.05, 3.63) is 53.9 Å². The highest BCUT2D eigenvalue weighted by molar-refractivity contribution is 5.19. The molecule has 0 bridgehead atoms. The number of benzene rings is 1. The van der Waals surface area contributed by atoms with Gasteiger partial charge in [0.25, 0.3) is 0 Å². The zero-order chi connectivity index (χ0) is 9.97. The third kappa shape index (κ3) is 1.55. The van der Waals surface area contributed by atoms with Gasteiger partial charge in [-0.1, -0.05) is 30.3 Å². The Morgan fingerprint density at radius 3 is 2.43 bits per heavy atom. The number of aromatic nitrogens is 2. The van der Waals surface area contributed by atoms with Gasteiger partial charge in [-0.2, -0.15) is 5.10 Å². The van der Waals surface area contributed by atoms with Crippen LogP contribution in [-0.4, -0.2) is 9.78 Å². The van der Waals surface area contributed by atoms with Crippen LogP contribution in [0, 0.1) is 6.92 Å².